The summed E-state index contributed by atoms with van der Waals surface area (Å²) >= 11 is 0. The maximum Gasteiger partial charge on any atom is 0.293 e. The highest BCUT2D eigenvalue weighted by atomic mass is 35.5. The van der Waals surface area contributed by atoms with Crippen molar-refractivity contribution < 1.29 is 9.72 Å². The van der Waals surface area contributed by atoms with Crippen molar-refractivity contribution in [3.8, 4) is 0 Å². The Kier molecular flexibility index (Phi) is 5.51. The Labute approximate surface area is 128 Å². The molecule has 2 rings (SSSR count). The van der Waals surface area contributed by atoms with Crippen LogP contribution in [0, 0.1) is 17.0 Å². The topological polar surface area (TPSA) is 115 Å². The number of aryl methyl sites for hydroxylation is 1. The minimum absolute atomic E-state index is 0. The lowest BCUT2D eigenvalue weighted by molar-refractivity contribution is -0.384. The van der Waals surface area contributed by atoms with Crippen molar-refractivity contribution in [3.63, 3.8) is 0 Å². The lowest BCUT2D eigenvalue weighted by Gasteiger charge is -2.31. The number of nitrogens with zero attached hydrogens (tertiary/aromatic N) is 2. The molecule has 1 unspecified atom stereocenters. The van der Waals surface area contributed by atoms with Gasteiger partial charge < -0.3 is 16.4 Å². The Balaban J connectivity index is 0.00000220. The fourth-order valence-electron chi connectivity index (χ4n) is 2.47. The first-order chi connectivity index (χ1) is 9.40. The maximum atomic E-state index is 12.5. The zero-order valence-electron chi connectivity index (χ0n) is 11.7. The fourth-order valence-corrected chi connectivity index (χ4v) is 2.47. The van der Waals surface area contributed by atoms with Gasteiger partial charge in [0.25, 0.3) is 11.6 Å². The van der Waals surface area contributed by atoms with Crippen molar-refractivity contribution in [3.05, 3.63) is 33.4 Å². The molecule has 7 nitrogen and oxygen atoms in total. The van der Waals surface area contributed by atoms with Crippen LogP contribution in [0.2, 0.25) is 0 Å². The van der Waals surface area contributed by atoms with Gasteiger partial charge in [-0.25, -0.2) is 0 Å². The molecule has 116 valence electrons. The summed E-state index contributed by atoms with van der Waals surface area (Å²) in [6.07, 6.45) is 1.72. The molecule has 0 bridgehead atoms. The van der Waals surface area contributed by atoms with Crippen LogP contribution >= 0.6 is 12.4 Å². The summed E-state index contributed by atoms with van der Waals surface area (Å²) in [6, 6.07) is 2.91. The van der Waals surface area contributed by atoms with Crippen LogP contribution in [0.3, 0.4) is 0 Å². The van der Waals surface area contributed by atoms with E-state index >= 15 is 0 Å². The first-order valence-corrected chi connectivity index (χ1v) is 6.49. The number of nitro benzene ring substituents is 1. The minimum Gasteiger partial charge on any atom is -0.393 e. The Hall–Kier alpha value is -1.86. The Bertz CT molecular complexity index is 565. The number of rotatable bonds is 2. The SMILES string of the molecule is Cc1cc(C(=O)N2CCCC(N)C2)c(N)c([N+](=O)[O-])c1.Cl. The summed E-state index contributed by atoms with van der Waals surface area (Å²) in [7, 11) is 0. The van der Waals surface area contributed by atoms with Crippen LogP contribution in [0.15, 0.2) is 12.1 Å². The number of nitrogen functional groups attached to an aromatic ring is 1. The molecule has 0 aromatic heterocycles. The molecule has 0 radical (unpaired) electrons. The van der Waals surface area contributed by atoms with E-state index in [2.05, 4.69) is 0 Å². The number of hydrogen-bond acceptors (Lipinski definition) is 5. The number of piperidine rings is 1. The summed E-state index contributed by atoms with van der Waals surface area (Å²) < 4.78 is 0. The number of likely N-dealkylation sites (tertiary alicyclic amines) is 1. The molecule has 8 heteroatoms. The molecule has 4 N–H and O–H groups in total. The van der Waals surface area contributed by atoms with Crippen LogP contribution in [-0.4, -0.2) is 34.9 Å². The van der Waals surface area contributed by atoms with E-state index < -0.39 is 4.92 Å². The van der Waals surface area contributed by atoms with E-state index in [1.165, 1.54) is 6.07 Å². The van der Waals surface area contributed by atoms with E-state index in [0.29, 0.717) is 18.7 Å². The normalized spacial score (nSPS) is 18.0. The molecule has 1 amide bonds. The highest BCUT2D eigenvalue weighted by Crippen LogP contribution is 2.28. The standard InChI is InChI=1S/C13H18N4O3.ClH/c1-8-5-10(12(15)11(6-8)17(19)20)13(18)16-4-2-3-9(14)7-16;/h5-6,9H,2-4,7,14-15H2,1H3;1H. The van der Waals surface area contributed by atoms with E-state index in [-0.39, 0.29) is 41.3 Å². The molecule has 1 heterocycles. The summed E-state index contributed by atoms with van der Waals surface area (Å²) in [5, 5.41) is 11.0. The first kappa shape index (κ1) is 17.2. The monoisotopic (exact) mass is 314 g/mol. The van der Waals surface area contributed by atoms with Gasteiger partial charge in [0.1, 0.15) is 5.69 Å². The van der Waals surface area contributed by atoms with E-state index in [9.17, 15) is 14.9 Å². The molecule has 21 heavy (non-hydrogen) atoms. The van der Waals surface area contributed by atoms with Gasteiger partial charge in [-0.2, -0.15) is 0 Å². The molecule has 1 atom stereocenters. The number of nitrogens with two attached hydrogens (primary N) is 2. The number of anilines is 1. The van der Waals surface area contributed by atoms with E-state index in [1.54, 1.807) is 17.9 Å². The second-order valence-corrected chi connectivity index (χ2v) is 5.16. The van der Waals surface area contributed by atoms with Gasteiger partial charge in [-0.3, -0.25) is 14.9 Å². The lowest BCUT2D eigenvalue weighted by atomic mass is 10.0. The van der Waals surface area contributed by atoms with E-state index in [1.807, 2.05) is 0 Å². The Morgan fingerprint density at radius 3 is 2.71 bits per heavy atom. The van der Waals surface area contributed by atoms with Gasteiger partial charge in [-0.1, -0.05) is 0 Å². The summed E-state index contributed by atoms with van der Waals surface area (Å²) in [4.78, 5) is 24.5. The Morgan fingerprint density at radius 2 is 2.14 bits per heavy atom. The zero-order valence-corrected chi connectivity index (χ0v) is 12.6. The lowest BCUT2D eigenvalue weighted by Crippen LogP contribution is -2.45. The largest absolute Gasteiger partial charge is 0.393 e. The van der Waals surface area contributed by atoms with E-state index in [4.69, 9.17) is 11.5 Å². The zero-order chi connectivity index (χ0) is 14.9. The number of halogens is 1. The molecular formula is C13H19ClN4O3. The Morgan fingerprint density at radius 1 is 1.48 bits per heavy atom. The van der Waals surface area contributed by atoms with Gasteiger partial charge in [0.15, 0.2) is 0 Å². The highest BCUT2D eigenvalue weighted by molar-refractivity contribution is 6.01. The third-order valence-corrected chi connectivity index (χ3v) is 3.47. The van der Waals surface area contributed by atoms with Crippen molar-refractivity contribution >= 4 is 29.7 Å². The van der Waals surface area contributed by atoms with Crippen LogP contribution in [0.1, 0.15) is 28.8 Å². The molecule has 1 aromatic rings. The average Bonchev–Trinajstić information content (AvgIpc) is 2.40. The molecular weight excluding hydrogens is 296 g/mol. The van der Waals surface area contributed by atoms with Gasteiger partial charge in [-0.05, 0) is 31.4 Å². The van der Waals surface area contributed by atoms with Crippen LogP contribution in [0.5, 0.6) is 0 Å². The van der Waals surface area contributed by atoms with E-state index in [0.717, 1.165) is 12.8 Å². The fraction of sp³-hybridized carbons (Fsp3) is 0.462. The second-order valence-electron chi connectivity index (χ2n) is 5.16. The number of carbonyl (C=O) groups is 1. The number of hydrogen-bond donors (Lipinski definition) is 2. The smallest absolute Gasteiger partial charge is 0.293 e. The summed E-state index contributed by atoms with van der Waals surface area (Å²) in [6.45, 7) is 2.76. The molecule has 1 aromatic carbocycles. The molecule has 1 fully saturated rings. The van der Waals surface area contributed by atoms with Crippen molar-refractivity contribution in [2.75, 3.05) is 18.8 Å². The maximum absolute atomic E-state index is 12.5. The molecule has 1 aliphatic heterocycles. The summed E-state index contributed by atoms with van der Waals surface area (Å²) in [5.74, 6) is -0.288. The van der Waals surface area contributed by atoms with Gasteiger partial charge >= 0.3 is 0 Å². The molecule has 0 aliphatic carbocycles. The number of benzene rings is 1. The molecule has 0 spiro atoms. The third kappa shape index (κ3) is 3.62. The van der Waals surface area contributed by atoms with Crippen LogP contribution < -0.4 is 11.5 Å². The first-order valence-electron chi connectivity index (χ1n) is 6.49. The van der Waals surface area contributed by atoms with Gasteiger partial charge in [0.05, 0.1) is 10.5 Å². The number of amides is 1. The number of nitro groups is 1. The average molecular weight is 315 g/mol. The number of carbonyl (C=O) groups excluding carboxylic acids is 1. The van der Waals surface area contributed by atoms with Crippen molar-refractivity contribution in [2.24, 2.45) is 5.73 Å². The third-order valence-electron chi connectivity index (χ3n) is 3.47. The predicted octanol–water partition coefficient (Wildman–Crippen LogP) is 1.47. The van der Waals surface area contributed by atoms with Crippen molar-refractivity contribution in [1.29, 1.82) is 0 Å². The molecule has 0 saturated carbocycles. The van der Waals surface area contributed by atoms with Gasteiger partial charge in [-0.15, -0.1) is 12.4 Å². The van der Waals surface area contributed by atoms with Crippen molar-refractivity contribution in [2.45, 2.75) is 25.8 Å². The van der Waals surface area contributed by atoms with Crippen LogP contribution in [0.4, 0.5) is 11.4 Å². The van der Waals surface area contributed by atoms with Crippen LogP contribution in [0.25, 0.3) is 0 Å². The highest BCUT2D eigenvalue weighted by Gasteiger charge is 2.27. The van der Waals surface area contributed by atoms with Crippen molar-refractivity contribution in [1.82, 2.24) is 4.90 Å². The quantitative estimate of drug-likeness (QED) is 0.487. The van der Waals surface area contributed by atoms with Gasteiger partial charge in [0, 0.05) is 25.2 Å². The van der Waals surface area contributed by atoms with Gasteiger partial charge in [0.2, 0.25) is 0 Å². The molecule has 1 saturated heterocycles. The van der Waals surface area contributed by atoms with Crippen LogP contribution in [-0.2, 0) is 0 Å². The second kappa shape index (κ2) is 6.73. The predicted molar refractivity (Wildman–Crippen MR) is 82.6 cm³/mol. The summed E-state index contributed by atoms with van der Waals surface area (Å²) in [5.41, 5.74) is 12.1. The molecule has 1 aliphatic rings. The minimum atomic E-state index is -0.568.